The summed E-state index contributed by atoms with van der Waals surface area (Å²) in [6.45, 7) is 2.03. The van der Waals surface area contributed by atoms with Crippen molar-refractivity contribution in [3.8, 4) is 11.5 Å². The second kappa shape index (κ2) is 8.22. The number of hydrogen-bond donors (Lipinski definition) is 1. The highest BCUT2D eigenvalue weighted by atomic mass is 32.2. The van der Waals surface area contributed by atoms with Crippen molar-refractivity contribution in [3.63, 3.8) is 0 Å². The van der Waals surface area contributed by atoms with Crippen molar-refractivity contribution in [1.82, 2.24) is 10.2 Å². The third kappa shape index (κ3) is 4.64. The van der Waals surface area contributed by atoms with Crippen LogP contribution < -0.4 is 5.32 Å². The first-order valence-corrected chi connectivity index (χ1v) is 9.83. The minimum Gasteiger partial charge on any atom is -0.403 e. The molecule has 0 unspecified atom stereocenters. The number of nitrogens with zero attached hydrogens (tertiary/aromatic N) is 2. The molecule has 0 aliphatic carbocycles. The van der Waals surface area contributed by atoms with Gasteiger partial charge in [0.25, 0.3) is 5.89 Å². The van der Waals surface area contributed by atoms with Gasteiger partial charge < -0.3 is 4.42 Å². The molecule has 5 nitrogen and oxygen atoms in total. The van der Waals surface area contributed by atoms with Crippen LogP contribution in [0.1, 0.15) is 5.56 Å². The number of hydrogen-bond acceptors (Lipinski definition) is 6. The van der Waals surface area contributed by atoms with Crippen molar-refractivity contribution in [2.24, 2.45) is 0 Å². The molecule has 1 N–H and O–H groups in total. The van der Waals surface area contributed by atoms with E-state index in [-0.39, 0.29) is 17.7 Å². The number of thioether (sulfide) groups is 2. The van der Waals surface area contributed by atoms with E-state index in [1.807, 2.05) is 61.7 Å². The third-order valence-electron chi connectivity index (χ3n) is 3.40. The van der Waals surface area contributed by atoms with E-state index in [1.54, 1.807) is 11.8 Å². The summed E-state index contributed by atoms with van der Waals surface area (Å²) in [6, 6.07) is 15.9. The van der Waals surface area contributed by atoms with Crippen LogP contribution in [0.4, 0.5) is 6.01 Å². The summed E-state index contributed by atoms with van der Waals surface area (Å²) in [6.07, 6.45) is 1.99. The van der Waals surface area contributed by atoms with E-state index in [2.05, 4.69) is 15.5 Å². The number of carbonyl (C=O) groups excluding carboxylic acids is 1. The minimum absolute atomic E-state index is 0.111. The predicted molar refractivity (Wildman–Crippen MR) is 102 cm³/mol. The number of rotatable bonds is 6. The monoisotopic (exact) mass is 371 g/mol. The maximum Gasteiger partial charge on any atom is 0.322 e. The van der Waals surface area contributed by atoms with Gasteiger partial charge in [0.1, 0.15) is 0 Å². The van der Waals surface area contributed by atoms with Crippen LogP contribution in [0.25, 0.3) is 11.5 Å². The summed E-state index contributed by atoms with van der Waals surface area (Å²) in [5.41, 5.74) is 2.05. The lowest BCUT2D eigenvalue weighted by Crippen LogP contribution is -2.14. The van der Waals surface area contributed by atoms with E-state index in [9.17, 15) is 4.79 Å². The molecule has 1 aromatic heterocycles. The van der Waals surface area contributed by atoms with Gasteiger partial charge in [-0.3, -0.25) is 10.1 Å². The van der Waals surface area contributed by atoms with Gasteiger partial charge in [0.05, 0.1) is 11.3 Å². The Bertz CT molecular complexity index is 863. The number of aryl methyl sites for hydroxylation is 1. The summed E-state index contributed by atoms with van der Waals surface area (Å²) in [7, 11) is 0. The van der Waals surface area contributed by atoms with Crippen LogP contribution in [0.15, 0.2) is 62.7 Å². The fourth-order valence-electron chi connectivity index (χ4n) is 2.14. The highest BCUT2D eigenvalue weighted by molar-refractivity contribution is 8.00. The number of amides is 1. The van der Waals surface area contributed by atoms with Crippen LogP contribution in [0.2, 0.25) is 0 Å². The molecule has 0 aliphatic rings. The molecule has 3 rings (SSSR count). The van der Waals surface area contributed by atoms with Crippen molar-refractivity contribution >= 4 is 35.4 Å². The molecule has 7 heteroatoms. The predicted octanol–water partition coefficient (Wildman–Crippen LogP) is 4.50. The Hall–Kier alpha value is -2.25. The summed E-state index contributed by atoms with van der Waals surface area (Å²) >= 11 is 3.06. The molecule has 1 heterocycles. The molecule has 25 heavy (non-hydrogen) atoms. The maximum atomic E-state index is 12.1. The van der Waals surface area contributed by atoms with Gasteiger partial charge in [-0.15, -0.1) is 28.6 Å². The molecule has 2 aromatic carbocycles. The minimum atomic E-state index is -0.182. The summed E-state index contributed by atoms with van der Waals surface area (Å²) in [5, 5.41) is 10.6. The maximum absolute atomic E-state index is 12.1. The third-order valence-corrected chi connectivity index (χ3v) is 5.21. The Morgan fingerprint density at radius 3 is 2.64 bits per heavy atom. The molecular formula is C18H17N3O2S2. The van der Waals surface area contributed by atoms with Crippen LogP contribution in [0.5, 0.6) is 0 Å². The van der Waals surface area contributed by atoms with Gasteiger partial charge in [-0.25, -0.2) is 0 Å². The quantitative estimate of drug-likeness (QED) is 0.644. The smallest absolute Gasteiger partial charge is 0.322 e. The number of carbonyl (C=O) groups is 1. The zero-order chi connectivity index (χ0) is 17.6. The lowest BCUT2D eigenvalue weighted by atomic mass is 10.2. The molecule has 0 saturated heterocycles. The lowest BCUT2D eigenvalue weighted by molar-refractivity contribution is -0.113. The van der Waals surface area contributed by atoms with Crippen LogP contribution >= 0.6 is 23.5 Å². The molecule has 3 aromatic rings. The van der Waals surface area contributed by atoms with Crippen LogP contribution in [0, 0.1) is 6.92 Å². The summed E-state index contributed by atoms with van der Waals surface area (Å²) < 4.78 is 5.57. The Morgan fingerprint density at radius 2 is 1.88 bits per heavy atom. The fraction of sp³-hybridized carbons (Fsp3) is 0.167. The second-order valence-electron chi connectivity index (χ2n) is 5.26. The molecule has 0 atom stereocenters. The van der Waals surface area contributed by atoms with Crippen molar-refractivity contribution in [1.29, 1.82) is 0 Å². The zero-order valence-corrected chi connectivity index (χ0v) is 15.5. The first kappa shape index (κ1) is 17.6. The number of benzene rings is 2. The van der Waals surface area contributed by atoms with Crippen molar-refractivity contribution in [2.45, 2.75) is 16.7 Å². The molecule has 0 spiro atoms. The summed E-state index contributed by atoms with van der Waals surface area (Å²) in [4.78, 5) is 14.1. The topological polar surface area (TPSA) is 68.0 Å². The number of nitrogens with one attached hydrogen (secondary N) is 1. The standard InChI is InChI=1S/C18H17N3O2S2/c1-12-7-9-13(10-8-12)25-11-16(22)19-18-21-20-17(23-18)14-5-3-4-6-15(14)24-2/h3-10H,11H2,1-2H3,(H,19,21,22). The highest BCUT2D eigenvalue weighted by Gasteiger charge is 2.14. The highest BCUT2D eigenvalue weighted by Crippen LogP contribution is 2.29. The summed E-state index contributed by atoms with van der Waals surface area (Å²) in [5.74, 6) is 0.493. The first-order chi connectivity index (χ1) is 12.2. The normalized spacial score (nSPS) is 10.6. The van der Waals surface area contributed by atoms with Crippen molar-refractivity contribution < 1.29 is 9.21 Å². The Kier molecular flexibility index (Phi) is 5.78. The molecular weight excluding hydrogens is 354 g/mol. The largest absolute Gasteiger partial charge is 0.403 e. The second-order valence-corrected chi connectivity index (χ2v) is 7.16. The van der Waals surface area contributed by atoms with Crippen LogP contribution in [-0.2, 0) is 4.79 Å². The molecule has 0 radical (unpaired) electrons. The molecule has 0 saturated carbocycles. The van der Waals surface area contributed by atoms with Crippen molar-refractivity contribution in [3.05, 3.63) is 54.1 Å². The lowest BCUT2D eigenvalue weighted by Gasteiger charge is -2.03. The Balaban J connectivity index is 1.61. The van der Waals surface area contributed by atoms with Crippen LogP contribution in [-0.4, -0.2) is 28.1 Å². The average molecular weight is 371 g/mol. The Labute approximate surface area is 154 Å². The molecule has 128 valence electrons. The van der Waals surface area contributed by atoms with Gasteiger partial charge in [-0.05, 0) is 37.4 Å². The average Bonchev–Trinajstić information content (AvgIpc) is 3.09. The number of aromatic nitrogens is 2. The zero-order valence-electron chi connectivity index (χ0n) is 13.9. The van der Waals surface area contributed by atoms with Crippen LogP contribution in [0.3, 0.4) is 0 Å². The molecule has 0 aliphatic heterocycles. The van der Waals surface area contributed by atoms with Crippen molar-refractivity contribution in [2.75, 3.05) is 17.3 Å². The Morgan fingerprint density at radius 1 is 1.12 bits per heavy atom. The van der Waals surface area contributed by atoms with E-state index >= 15 is 0 Å². The molecule has 1 amide bonds. The van der Waals surface area contributed by atoms with Gasteiger partial charge in [0, 0.05) is 9.79 Å². The number of anilines is 1. The van der Waals surface area contributed by atoms with Gasteiger partial charge >= 0.3 is 6.01 Å². The van der Waals surface area contributed by atoms with E-state index in [0.717, 1.165) is 15.4 Å². The van der Waals surface area contributed by atoms with E-state index in [4.69, 9.17) is 4.42 Å². The fourth-order valence-corrected chi connectivity index (χ4v) is 3.43. The van der Waals surface area contributed by atoms with E-state index in [0.29, 0.717) is 5.89 Å². The molecule has 0 fully saturated rings. The SMILES string of the molecule is CSc1ccccc1-c1nnc(NC(=O)CSc2ccc(C)cc2)o1. The van der Waals surface area contributed by atoms with Gasteiger partial charge in [0.15, 0.2) is 0 Å². The molecule has 0 bridgehead atoms. The van der Waals surface area contributed by atoms with Gasteiger partial charge in [-0.1, -0.05) is 34.9 Å². The van der Waals surface area contributed by atoms with Gasteiger partial charge in [-0.2, -0.15) is 0 Å². The van der Waals surface area contributed by atoms with E-state index in [1.165, 1.54) is 17.3 Å². The van der Waals surface area contributed by atoms with E-state index < -0.39 is 0 Å². The first-order valence-electron chi connectivity index (χ1n) is 7.62. The van der Waals surface area contributed by atoms with Gasteiger partial charge in [0.2, 0.25) is 5.91 Å².